The van der Waals surface area contributed by atoms with Crippen molar-refractivity contribution in [1.82, 2.24) is 4.98 Å². The van der Waals surface area contributed by atoms with Gasteiger partial charge in [-0.1, -0.05) is 18.2 Å². The summed E-state index contributed by atoms with van der Waals surface area (Å²) >= 11 is 0. The molecule has 1 heterocycles. The number of carbonyl (C=O) groups is 2. The maximum atomic E-state index is 10.7. The first-order valence-corrected chi connectivity index (χ1v) is 4.78. The highest BCUT2D eigenvalue weighted by Crippen LogP contribution is 2.18. The number of amides is 1. The van der Waals surface area contributed by atoms with Gasteiger partial charge < -0.3 is 21.7 Å². The number of rotatable bonds is 1. The highest BCUT2D eigenvalue weighted by molar-refractivity contribution is 5.94. The van der Waals surface area contributed by atoms with E-state index in [1.807, 2.05) is 6.07 Å². The molecule has 0 radical (unpaired) electrons. The first-order chi connectivity index (χ1) is 8.41. The molecule has 0 fully saturated rings. The molecule has 1 aromatic heterocycles. The van der Waals surface area contributed by atoms with Crippen molar-refractivity contribution >= 4 is 28.7 Å². The molecule has 0 saturated heterocycles. The summed E-state index contributed by atoms with van der Waals surface area (Å²) in [7, 11) is 0. The van der Waals surface area contributed by atoms with E-state index < -0.39 is 12.1 Å². The zero-order valence-electron chi connectivity index (χ0n) is 9.20. The number of aromatic nitrogens is 1. The van der Waals surface area contributed by atoms with Gasteiger partial charge in [0.25, 0.3) is 0 Å². The van der Waals surface area contributed by atoms with Gasteiger partial charge in [-0.15, -0.1) is 0 Å². The van der Waals surface area contributed by atoms with E-state index in [1.165, 1.54) is 6.07 Å². The molecule has 2 aromatic rings. The Bertz CT molecular complexity index is 594. The molecule has 0 aliphatic heterocycles. The Morgan fingerprint density at radius 3 is 2.28 bits per heavy atom. The molecule has 1 amide bonds. The van der Waals surface area contributed by atoms with Crippen LogP contribution in [0.15, 0.2) is 30.3 Å². The summed E-state index contributed by atoms with van der Waals surface area (Å²) in [5, 5.41) is 16.8. The number of para-hydroxylation sites is 1. The van der Waals surface area contributed by atoms with E-state index >= 15 is 0 Å². The molecule has 0 aliphatic carbocycles. The molecule has 18 heavy (non-hydrogen) atoms. The van der Waals surface area contributed by atoms with Gasteiger partial charge in [-0.2, -0.15) is 0 Å². The van der Waals surface area contributed by atoms with Crippen molar-refractivity contribution in [1.29, 1.82) is 0 Å². The number of nitrogens with zero attached hydrogens (tertiary/aromatic N) is 1. The van der Waals surface area contributed by atoms with Crippen molar-refractivity contribution in [3.05, 3.63) is 36.0 Å². The zero-order valence-corrected chi connectivity index (χ0v) is 9.20. The van der Waals surface area contributed by atoms with Crippen LogP contribution in [0.4, 0.5) is 10.5 Å². The maximum absolute atomic E-state index is 10.7. The number of pyridine rings is 1. The molecule has 0 spiro atoms. The molecule has 7 nitrogen and oxygen atoms in total. The third kappa shape index (κ3) is 3.34. The lowest BCUT2D eigenvalue weighted by Gasteiger charge is -2.01. The molecule has 2 rings (SSSR count). The number of hydrogen-bond donors (Lipinski definition) is 4. The minimum atomic E-state index is -1.33. The molecule has 0 atom stereocenters. The second-order valence-electron chi connectivity index (χ2n) is 3.26. The number of carboxylic acids is 1. The number of carboxylic acid groups (broad SMARTS) is 2. The lowest BCUT2D eigenvalue weighted by Crippen LogP contribution is -2.03. The number of nitrogen functional groups attached to an aromatic ring is 1. The average Bonchev–Trinajstić information content (AvgIpc) is 2.28. The number of primary amides is 1. The Kier molecular flexibility index (Phi) is 4.03. The van der Waals surface area contributed by atoms with Crippen LogP contribution in [0.2, 0.25) is 0 Å². The van der Waals surface area contributed by atoms with Gasteiger partial charge in [0.2, 0.25) is 0 Å². The van der Waals surface area contributed by atoms with Gasteiger partial charge in [0.1, 0.15) is 5.69 Å². The van der Waals surface area contributed by atoms with Gasteiger partial charge in [-0.05, 0) is 12.1 Å². The standard InChI is InChI=1S/C10H8N2O2.CH3NO2/c11-7-3-1-2-6-4-5-8(10(13)14)12-9(6)7;2-1(3)4/h1-5H,11H2,(H,13,14);2H2,(H,3,4). The van der Waals surface area contributed by atoms with Crippen LogP contribution in [-0.2, 0) is 0 Å². The SMILES string of the molecule is NC(=O)O.Nc1cccc2ccc(C(=O)O)nc12. The van der Waals surface area contributed by atoms with Crippen molar-refractivity contribution in [2.24, 2.45) is 5.73 Å². The topological polar surface area (TPSA) is 140 Å². The zero-order chi connectivity index (χ0) is 13.7. The Morgan fingerprint density at radius 1 is 1.11 bits per heavy atom. The molecular formula is C11H11N3O4. The first-order valence-electron chi connectivity index (χ1n) is 4.78. The third-order valence-electron chi connectivity index (χ3n) is 1.97. The fraction of sp³-hybridized carbons (Fsp3) is 0. The quantitative estimate of drug-likeness (QED) is 0.558. The molecule has 0 aliphatic rings. The van der Waals surface area contributed by atoms with Gasteiger partial charge in [0.15, 0.2) is 0 Å². The van der Waals surface area contributed by atoms with Crippen LogP contribution in [-0.4, -0.2) is 27.3 Å². The van der Waals surface area contributed by atoms with Crippen molar-refractivity contribution in [2.75, 3.05) is 5.73 Å². The van der Waals surface area contributed by atoms with Crippen LogP contribution in [0.25, 0.3) is 10.9 Å². The monoisotopic (exact) mass is 249 g/mol. The lowest BCUT2D eigenvalue weighted by atomic mass is 10.2. The van der Waals surface area contributed by atoms with Gasteiger partial charge in [-0.3, -0.25) is 0 Å². The molecular weight excluding hydrogens is 238 g/mol. The summed E-state index contributed by atoms with van der Waals surface area (Å²) in [6.07, 6.45) is -1.33. The number of hydrogen-bond acceptors (Lipinski definition) is 4. The van der Waals surface area contributed by atoms with Crippen LogP contribution >= 0.6 is 0 Å². The largest absolute Gasteiger partial charge is 0.477 e. The molecule has 0 saturated carbocycles. The summed E-state index contributed by atoms with van der Waals surface area (Å²) in [6.45, 7) is 0. The van der Waals surface area contributed by atoms with Crippen LogP contribution in [0.3, 0.4) is 0 Å². The second-order valence-corrected chi connectivity index (χ2v) is 3.26. The number of fused-ring (bicyclic) bond motifs is 1. The summed E-state index contributed by atoms with van der Waals surface area (Å²) < 4.78 is 0. The predicted molar refractivity (Wildman–Crippen MR) is 65.3 cm³/mol. The van der Waals surface area contributed by atoms with E-state index in [4.69, 9.17) is 20.7 Å². The van der Waals surface area contributed by atoms with Gasteiger partial charge in [0.05, 0.1) is 11.2 Å². The second kappa shape index (κ2) is 5.48. The molecule has 1 aromatic carbocycles. The van der Waals surface area contributed by atoms with Crippen LogP contribution in [0, 0.1) is 0 Å². The lowest BCUT2D eigenvalue weighted by molar-refractivity contribution is 0.0691. The number of anilines is 1. The Balaban J connectivity index is 0.000000357. The summed E-state index contributed by atoms with van der Waals surface area (Å²) in [4.78, 5) is 23.4. The Labute approximate surface area is 102 Å². The normalized spacial score (nSPS) is 9.33. The van der Waals surface area contributed by atoms with Crippen molar-refractivity contribution in [3.8, 4) is 0 Å². The predicted octanol–water partition coefficient (Wildman–Crippen LogP) is 1.14. The number of aromatic carboxylic acids is 1. The molecule has 7 heteroatoms. The van der Waals surface area contributed by atoms with Crippen molar-refractivity contribution < 1.29 is 19.8 Å². The van der Waals surface area contributed by atoms with Crippen LogP contribution in [0.5, 0.6) is 0 Å². The number of benzene rings is 1. The third-order valence-corrected chi connectivity index (χ3v) is 1.97. The first kappa shape index (κ1) is 13.2. The summed E-state index contributed by atoms with van der Waals surface area (Å²) in [5.74, 6) is -1.05. The van der Waals surface area contributed by atoms with Crippen LogP contribution < -0.4 is 11.5 Å². The van der Waals surface area contributed by atoms with E-state index in [0.717, 1.165) is 5.39 Å². The van der Waals surface area contributed by atoms with Gasteiger partial charge in [-0.25, -0.2) is 14.6 Å². The highest BCUT2D eigenvalue weighted by atomic mass is 16.4. The molecule has 0 unspecified atom stereocenters. The molecule has 6 N–H and O–H groups in total. The fourth-order valence-electron chi connectivity index (χ4n) is 1.29. The maximum Gasteiger partial charge on any atom is 0.402 e. The smallest absolute Gasteiger partial charge is 0.402 e. The minimum Gasteiger partial charge on any atom is -0.477 e. The van der Waals surface area contributed by atoms with E-state index in [-0.39, 0.29) is 5.69 Å². The Morgan fingerprint density at radius 2 is 1.72 bits per heavy atom. The van der Waals surface area contributed by atoms with Crippen molar-refractivity contribution in [2.45, 2.75) is 0 Å². The van der Waals surface area contributed by atoms with Crippen LogP contribution in [0.1, 0.15) is 10.5 Å². The van der Waals surface area contributed by atoms with Crippen molar-refractivity contribution in [3.63, 3.8) is 0 Å². The summed E-state index contributed by atoms with van der Waals surface area (Å²) in [6, 6.07) is 8.50. The fourth-order valence-corrected chi connectivity index (χ4v) is 1.29. The van der Waals surface area contributed by atoms with E-state index in [9.17, 15) is 4.79 Å². The Hall–Kier alpha value is -2.83. The van der Waals surface area contributed by atoms with E-state index in [1.54, 1.807) is 18.2 Å². The van der Waals surface area contributed by atoms with E-state index in [0.29, 0.717) is 11.2 Å². The minimum absolute atomic E-state index is 0.00963. The number of nitrogens with two attached hydrogens (primary N) is 2. The van der Waals surface area contributed by atoms with Gasteiger partial charge >= 0.3 is 12.1 Å². The summed E-state index contributed by atoms with van der Waals surface area (Å²) in [5.41, 5.74) is 10.7. The average molecular weight is 249 g/mol. The molecule has 94 valence electrons. The van der Waals surface area contributed by atoms with Gasteiger partial charge in [0, 0.05) is 5.39 Å². The van der Waals surface area contributed by atoms with E-state index in [2.05, 4.69) is 10.7 Å². The molecule has 0 bridgehead atoms. The highest BCUT2D eigenvalue weighted by Gasteiger charge is 2.06.